The van der Waals surface area contributed by atoms with Crippen LogP contribution in [-0.4, -0.2) is 125 Å². The van der Waals surface area contributed by atoms with Crippen LogP contribution in [0.5, 0.6) is 5.88 Å². The minimum absolute atomic E-state index is 0.0217. The lowest BCUT2D eigenvalue weighted by atomic mass is 10.0. The molecular weight excluding hydrogens is 822 g/mol. The second-order valence-corrected chi connectivity index (χ2v) is 18.1. The summed E-state index contributed by atoms with van der Waals surface area (Å²) in [5, 5.41) is 5.51. The van der Waals surface area contributed by atoms with Crippen molar-refractivity contribution in [3.63, 3.8) is 0 Å². The van der Waals surface area contributed by atoms with Gasteiger partial charge in [0.1, 0.15) is 23.7 Å². The minimum atomic E-state index is -0.651. The first-order valence-electron chi connectivity index (χ1n) is 22.0. The van der Waals surface area contributed by atoms with Gasteiger partial charge in [0.2, 0.25) is 23.6 Å². The Morgan fingerprint density at radius 3 is 2.45 bits per heavy atom. The predicted octanol–water partition coefficient (Wildman–Crippen LogP) is 5.17. The van der Waals surface area contributed by atoms with E-state index in [-0.39, 0.29) is 30.7 Å². The Bertz CT molecular complexity index is 2480. The zero-order chi connectivity index (χ0) is 44.9. The van der Waals surface area contributed by atoms with Crippen LogP contribution in [0.1, 0.15) is 56.5 Å². The van der Waals surface area contributed by atoms with Crippen LogP contribution in [-0.2, 0) is 33.7 Å². The highest BCUT2D eigenvalue weighted by atomic mass is 19.1. The van der Waals surface area contributed by atoms with Gasteiger partial charge < -0.3 is 29.5 Å². The number of imide groups is 1. The van der Waals surface area contributed by atoms with E-state index in [1.165, 1.54) is 6.07 Å². The molecule has 17 nitrogen and oxygen atoms in total. The molecule has 1 atom stereocenters. The summed E-state index contributed by atoms with van der Waals surface area (Å²) in [6, 6.07) is 12.5. The molecular formula is C46H54FN11O6. The molecule has 0 radical (unpaired) electrons. The van der Waals surface area contributed by atoms with Crippen molar-refractivity contribution in [2.24, 2.45) is 0 Å². The molecule has 18 heteroatoms. The van der Waals surface area contributed by atoms with Gasteiger partial charge in [0.05, 0.1) is 37.1 Å². The van der Waals surface area contributed by atoms with Crippen LogP contribution in [0.4, 0.5) is 48.4 Å². The number of nitrogens with zero attached hydrogens (tertiary/aromatic N) is 9. The maximum Gasteiger partial charge on any atom is 0.415 e. The first-order valence-corrected chi connectivity index (χ1v) is 22.0. The molecule has 4 aromatic rings. The average molecular weight is 876 g/mol. The van der Waals surface area contributed by atoms with Crippen molar-refractivity contribution in [2.75, 3.05) is 83.9 Å². The molecule has 0 aliphatic carbocycles. The summed E-state index contributed by atoms with van der Waals surface area (Å²) in [7, 11) is 0. The molecule has 2 aromatic heterocycles. The summed E-state index contributed by atoms with van der Waals surface area (Å²) in [5.41, 5.74) is 6.13. The molecule has 5 aliphatic heterocycles. The number of hydrogen-bond donors (Lipinski definition) is 2. The molecule has 9 rings (SSSR count). The number of fused-ring (bicyclic) bond motifs is 2. The van der Waals surface area contributed by atoms with Crippen LogP contribution in [0.2, 0.25) is 0 Å². The molecule has 5 aliphatic rings. The Morgan fingerprint density at radius 1 is 0.938 bits per heavy atom. The van der Waals surface area contributed by atoms with Crippen molar-refractivity contribution in [2.45, 2.75) is 78.1 Å². The second kappa shape index (κ2) is 17.2. The normalized spacial score (nSPS) is 19.3. The Balaban J connectivity index is 0.773. The standard InChI is InChI=1S/C46H54FN11O6/c1-28-24-53(35-25-55(26-35)33-8-10-34(11-9-33)57-15-13-39(59)52-44(57)61)16-17-56(28)40(60)20-30-6-7-32(21-36(30)47)50-43-49-22-31-12-14-54(27-37(31)51-43)38-23-48-42-41(29(38)2)58(18-19-63-42)45(62)64-46(3,4)5/h6-11,21-23,28,35H,12-20,24-27H2,1-5H3,(H,49,50,51)(H,52,59,61). The topological polar surface area (TPSA) is 169 Å². The second-order valence-electron chi connectivity index (χ2n) is 18.1. The summed E-state index contributed by atoms with van der Waals surface area (Å²) in [5.74, 6) is -0.115. The highest BCUT2D eigenvalue weighted by Crippen LogP contribution is 2.40. The number of carbonyl (C=O) groups excluding carboxylic acids is 4. The highest BCUT2D eigenvalue weighted by molar-refractivity contribution is 6.05. The van der Waals surface area contributed by atoms with E-state index in [9.17, 15) is 19.2 Å². The predicted molar refractivity (Wildman–Crippen MR) is 239 cm³/mol. The largest absolute Gasteiger partial charge is 0.474 e. The molecule has 0 spiro atoms. The van der Waals surface area contributed by atoms with Crippen LogP contribution in [0.15, 0.2) is 54.9 Å². The Hall–Kier alpha value is -6.56. The molecule has 64 heavy (non-hydrogen) atoms. The van der Waals surface area contributed by atoms with E-state index in [2.05, 4.69) is 35.3 Å². The molecule has 336 valence electrons. The van der Waals surface area contributed by atoms with E-state index in [0.29, 0.717) is 80.6 Å². The van der Waals surface area contributed by atoms with Crippen LogP contribution in [0.3, 0.4) is 0 Å². The molecule has 3 saturated heterocycles. The van der Waals surface area contributed by atoms with Crippen LogP contribution >= 0.6 is 0 Å². The number of hydrogen-bond acceptors (Lipinski definition) is 13. The number of nitrogens with one attached hydrogen (secondary N) is 2. The van der Waals surface area contributed by atoms with Gasteiger partial charge in [-0.1, -0.05) is 6.07 Å². The number of piperazine rings is 1. The number of rotatable bonds is 8. The molecule has 0 saturated carbocycles. The van der Waals surface area contributed by atoms with Crippen molar-refractivity contribution in [1.82, 2.24) is 30.1 Å². The van der Waals surface area contributed by atoms with Gasteiger partial charge in [-0.05, 0) is 88.6 Å². The third-order valence-corrected chi connectivity index (χ3v) is 12.6. The van der Waals surface area contributed by atoms with Crippen molar-refractivity contribution >= 4 is 58.3 Å². The quantitative estimate of drug-likeness (QED) is 0.238. The van der Waals surface area contributed by atoms with E-state index in [4.69, 9.17) is 14.5 Å². The molecule has 5 amide bonds. The van der Waals surface area contributed by atoms with E-state index in [1.807, 2.05) is 63.8 Å². The fourth-order valence-corrected chi connectivity index (χ4v) is 9.12. The molecule has 3 fully saturated rings. The Morgan fingerprint density at radius 2 is 1.72 bits per heavy atom. The zero-order valence-electron chi connectivity index (χ0n) is 36.9. The average Bonchev–Trinajstić information content (AvgIpc) is 3.23. The fourth-order valence-electron chi connectivity index (χ4n) is 9.12. The number of carbonyl (C=O) groups is 4. The number of anilines is 6. The summed E-state index contributed by atoms with van der Waals surface area (Å²) in [6.45, 7) is 15.5. The van der Waals surface area contributed by atoms with Crippen LogP contribution < -0.4 is 35.0 Å². The van der Waals surface area contributed by atoms with Crippen LogP contribution in [0, 0.1) is 12.7 Å². The van der Waals surface area contributed by atoms with E-state index >= 15 is 4.39 Å². The molecule has 7 heterocycles. The lowest BCUT2D eigenvalue weighted by Crippen LogP contribution is -2.65. The lowest BCUT2D eigenvalue weighted by molar-refractivity contribution is -0.135. The van der Waals surface area contributed by atoms with Crippen molar-refractivity contribution in [3.8, 4) is 5.88 Å². The maximum atomic E-state index is 15.6. The van der Waals surface area contributed by atoms with Crippen LogP contribution in [0.25, 0.3) is 0 Å². The van der Waals surface area contributed by atoms with E-state index in [1.54, 1.807) is 34.3 Å². The van der Waals surface area contributed by atoms with Crippen molar-refractivity contribution in [3.05, 3.63) is 83.1 Å². The summed E-state index contributed by atoms with van der Waals surface area (Å²) in [6.07, 6.45) is 4.07. The Kier molecular flexibility index (Phi) is 11.5. The Labute approximate surface area is 371 Å². The van der Waals surface area contributed by atoms with Gasteiger partial charge >= 0.3 is 12.1 Å². The first kappa shape index (κ1) is 42.7. The number of urea groups is 1. The molecule has 1 unspecified atom stereocenters. The molecule has 2 aromatic carbocycles. The molecule has 2 N–H and O–H groups in total. The SMILES string of the molecule is Cc1c(N2CCc3cnc(Nc4ccc(CC(=O)N5CCN(C6CN(c7ccc(N8CCC(=O)NC8=O)cc7)C6)CC5C)c(F)c4)nc3C2)cnc2c1N(C(=O)OC(C)(C)C)CCO2. The molecule has 0 bridgehead atoms. The zero-order valence-corrected chi connectivity index (χ0v) is 36.9. The minimum Gasteiger partial charge on any atom is -0.474 e. The van der Waals surface area contributed by atoms with Gasteiger partial charge in [-0.15, -0.1) is 0 Å². The summed E-state index contributed by atoms with van der Waals surface area (Å²) < 4.78 is 27.1. The number of aromatic nitrogens is 3. The monoisotopic (exact) mass is 875 g/mol. The number of amides is 5. The van der Waals surface area contributed by atoms with Gasteiger partial charge in [-0.3, -0.25) is 29.6 Å². The summed E-state index contributed by atoms with van der Waals surface area (Å²) in [4.78, 5) is 76.3. The third kappa shape index (κ3) is 8.83. The summed E-state index contributed by atoms with van der Waals surface area (Å²) >= 11 is 0. The first-order chi connectivity index (χ1) is 30.7. The third-order valence-electron chi connectivity index (χ3n) is 12.6. The van der Waals surface area contributed by atoms with Gasteiger partial charge in [0.25, 0.3) is 0 Å². The van der Waals surface area contributed by atoms with Crippen molar-refractivity contribution in [1.29, 1.82) is 0 Å². The lowest BCUT2D eigenvalue weighted by Gasteiger charge is -2.50. The number of halogens is 1. The maximum absolute atomic E-state index is 15.6. The smallest absolute Gasteiger partial charge is 0.415 e. The van der Waals surface area contributed by atoms with Gasteiger partial charge in [-0.25, -0.2) is 28.9 Å². The van der Waals surface area contributed by atoms with Gasteiger partial charge in [0.15, 0.2) is 0 Å². The fraction of sp³-hybridized carbons (Fsp3) is 0.457. The van der Waals surface area contributed by atoms with Gasteiger partial charge in [0, 0.05) is 93.1 Å². The van der Waals surface area contributed by atoms with E-state index < -0.39 is 23.5 Å². The van der Waals surface area contributed by atoms with Crippen molar-refractivity contribution < 1.29 is 33.0 Å². The number of ether oxygens (including phenoxy) is 2. The highest BCUT2D eigenvalue weighted by Gasteiger charge is 2.38. The number of pyridine rings is 1. The van der Waals surface area contributed by atoms with Gasteiger partial charge in [-0.2, -0.15) is 0 Å². The van der Waals surface area contributed by atoms with E-state index in [0.717, 1.165) is 60.1 Å². The number of benzene rings is 2.